The van der Waals surface area contributed by atoms with Crippen LogP contribution in [0.2, 0.25) is 0 Å². The van der Waals surface area contributed by atoms with Crippen molar-refractivity contribution in [2.45, 2.75) is 30.2 Å². The Labute approximate surface area is 198 Å². The number of aryl methyl sites for hydroxylation is 2. The SMILES string of the molecule is Cn1cc2c(c1C(=O)Nc1ccc(F)c(C#N)c1)C=CC(CCCc1ccc(F)cc1)NS2=N. The highest BCUT2D eigenvalue weighted by Gasteiger charge is 2.24. The predicted octanol–water partition coefficient (Wildman–Crippen LogP) is 5.09. The molecule has 0 bridgehead atoms. The molecule has 2 atom stereocenters. The van der Waals surface area contributed by atoms with Crippen LogP contribution in [0.1, 0.15) is 40.0 Å². The minimum absolute atomic E-state index is 0.0369. The summed E-state index contributed by atoms with van der Waals surface area (Å²) in [6.07, 6.45) is 8.06. The first-order valence-electron chi connectivity index (χ1n) is 10.7. The number of hydrogen-bond acceptors (Lipinski definition) is 3. The zero-order valence-electron chi connectivity index (χ0n) is 18.4. The summed E-state index contributed by atoms with van der Waals surface area (Å²) in [5, 5.41) is 11.8. The molecule has 2 unspecified atom stereocenters. The molecule has 0 radical (unpaired) electrons. The Balaban J connectivity index is 1.49. The average Bonchev–Trinajstić information content (AvgIpc) is 3.08. The fraction of sp³-hybridized carbons (Fsp3) is 0.200. The third-order valence-corrected chi connectivity index (χ3v) is 6.93. The van der Waals surface area contributed by atoms with E-state index in [9.17, 15) is 13.6 Å². The molecule has 3 N–H and O–H groups in total. The van der Waals surface area contributed by atoms with Gasteiger partial charge in [-0.15, -0.1) is 0 Å². The number of benzene rings is 2. The summed E-state index contributed by atoms with van der Waals surface area (Å²) in [4.78, 5) is 13.8. The number of carbonyl (C=O) groups is 1. The summed E-state index contributed by atoms with van der Waals surface area (Å²) in [6.45, 7) is 0. The van der Waals surface area contributed by atoms with Gasteiger partial charge < -0.3 is 9.88 Å². The second-order valence-electron chi connectivity index (χ2n) is 8.04. The fourth-order valence-corrected chi connectivity index (χ4v) is 5.18. The van der Waals surface area contributed by atoms with Gasteiger partial charge in [-0.1, -0.05) is 24.3 Å². The molecule has 9 heteroatoms. The van der Waals surface area contributed by atoms with Crippen molar-refractivity contribution < 1.29 is 13.6 Å². The lowest BCUT2D eigenvalue weighted by molar-refractivity contribution is 0.101. The van der Waals surface area contributed by atoms with Gasteiger partial charge in [0.2, 0.25) is 0 Å². The van der Waals surface area contributed by atoms with Gasteiger partial charge in [0.05, 0.1) is 10.5 Å². The number of nitrogens with one attached hydrogen (secondary N) is 3. The van der Waals surface area contributed by atoms with E-state index in [2.05, 4.69) is 10.0 Å². The van der Waals surface area contributed by atoms with Crippen LogP contribution in [0.4, 0.5) is 14.5 Å². The number of amides is 1. The molecule has 0 saturated carbocycles. The van der Waals surface area contributed by atoms with Crippen LogP contribution in [-0.4, -0.2) is 16.5 Å². The molecule has 6 nitrogen and oxygen atoms in total. The number of nitrogens with zero attached hydrogens (tertiary/aromatic N) is 2. The first kappa shape index (κ1) is 23.5. The topological polar surface area (TPSA) is 93.7 Å². The Bertz CT molecular complexity index is 1320. The van der Waals surface area contributed by atoms with Crippen molar-refractivity contribution in [2.24, 2.45) is 7.05 Å². The largest absolute Gasteiger partial charge is 0.345 e. The van der Waals surface area contributed by atoms with Gasteiger partial charge in [-0.3, -0.25) is 9.57 Å². The second kappa shape index (κ2) is 10.1. The molecule has 2 aromatic carbocycles. The summed E-state index contributed by atoms with van der Waals surface area (Å²) in [7, 11) is 0.706. The van der Waals surface area contributed by atoms with Crippen molar-refractivity contribution >= 4 is 28.5 Å². The van der Waals surface area contributed by atoms with Crippen LogP contribution >= 0.6 is 0 Å². The third-order valence-electron chi connectivity index (χ3n) is 5.62. The van der Waals surface area contributed by atoms with Crippen molar-refractivity contribution in [3.8, 4) is 6.07 Å². The highest BCUT2D eigenvalue weighted by atomic mass is 32.2. The number of hydrogen-bond donors (Lipinski definition) is 3. The van der Waals surface area contributed by atoms with Gasteiger partial charge in [-0.05, 0) is 66.0 Å². The fourth-order valence-electron chi connectivity index (χ4n) is 3.90. The Morgan fingerprint density at radius 2 is 2.03 bits per heavy atom. The first-order chi connectivity index (χ1) is 16.4. The lowest BCUT2D eigenvalue weighted by Crippen LogP contribution is -2.27. The molecule has 4 rings (SSSR count). The normalized spacial score (nSPS) is 17.0. The molecule has 174 valence electrons. The van der Waals surface area contributed by atoms with Crippen LogP contribution in [0.15, 0.2) is 59.6 Å². The first-order valence-corrected chi connectivity index (χ1v) is 11.9. The Hall–Kier alpha value is -3.61. The lowest BCUT2D eigenvalue weighted by atomic mass is 10.0. The number of nitriles is 1. The Morgan fingerprint density at radius 1 is 1.26 bits per heavy atom. The molecule has 1 aliphatic heterocycles. The highest BCUT2D eigenvalue weighted by Crippen LogP contribution is 2.27. The number of halogens is 2. The van der Waals surface area contributed by atoms with E-state index in [-0.39, 0.29) is 17.4 Å². The molecular formula is C25H23F2N5OS. The smallest absolute Gasteiger partial charge is 0.272 e. The van der Waals surface area contributed by atoms with Crippen molar-refractivity contribution in [1.82, 2.24) is 9.29 Å². The van der Waals surface area contributed by atoms with Gasteiger partial charge in [-0.25, -0.2) is 13.5 Å². The van der Waals surface area contributed by atoms with Crippen molar-refractivity contribution in [3.63, 3.8) is 0 Å². The molecule has 0 aliphatic carbocycles. The van der Waals surface area contributed by atoms with E-state index >= 15 is 0 Å². The van der Waals surface area contributed by atoms with Crippen molar-refractivity contribution in [3.05, 3.63) is 88.8 Å². The summed E-state index contributed by atoms with van der Waals surface area (Å²) in [6, 6.07) is 12.0. The monoisotopic (exact) mass is 479 g/mol. The molecule has 1 aliphatic rings. The summed E-state index contributed by atoms with van der Waals surface area (Å²) in [5.41, 5.74) is 2.27. The Kier molecular flexibility index (Phi) is 7.01. The van der Waals surface area contributed by atoms with Crippen LogP contribution < -0.4 is 10.0 Å². The molecule has 2 heterocycles. The minimum Gasteiger partial charge on any atom is -0.345 e. The lowest BCUT2D eigenvalue weighted by Gasteiger charge is -2.14. The molecular weight excluding hydrogens is 456 g/mol. The standard InChI is InChI=1S/C25H23F2N5OS/c1-32-15-23-21(24(32)25(33)30-20-10-12-22(27)17(13-20)14-28)11-9-19(31-34(23)29)4-2-3-16-5-7-18(26)8-6-16/h5-13,15,19H,2-4H2,1H3,(H2,29,31)(H,30,33). The van der Waals surface area contributed by atoms with E-state index < -0.39 is 22.6 Å². The maximum absolute atomic E-state index is 13.6. The summed E-state index contributed by atoms with van der Waals surface area (Å²) < 4.78 is 40.3. The maximum Gasteiger partial charge on any atom is 0.272 e. The zero-order valence-corrected chi connectivity index (χ0v) is 19.3. The number of anilines is 1. The van der Waals surface area contributed by atoms with Gasteiger partial charge in [0.1, 0.15) is 23.4 Å². The van der Waals surface area contributed by atoms with Gasteiger partial charge in [-0.2, -0.15) is 5.26 Å². The van der Waals surface area contributed by atoms with Crippen LogP contribution in [0.25, 0.3) is 6.08 Å². The van der Waals surface area contributed by atoms with E-state index in [1.54, 1.807) is 36.0 Å². The van der Waals surface area contributed by atoms with E-state index in [0.29, 0.717) is 21.8 Å². The number of fused-ring (bicyclic) bond motifs is 1. The van der Waals surface area contributed by atoms with E-state index in [1.165, 1.54) is 24.3 Å². The van der Waals surface area contributed by atoms with Gasteiger partial charge in [0.25, 0.3) is 5.91 Å². The average molecular weight is 480 g/mol. The molecule has 0 spiro atoms. The molecule has 1 amide bonds. The van der Waals surface area contributed by atoms with Gasteiger partial charge >= 0.3 is 0 Å². The summed E-state index contributed by atoms with van der Waals surface area (Å²) >= 11 is 0. The Morgan fingerprint density at radius 3 is 2.76 bits per heavy atom. The van der Waals surface area contributed by atoms with Gasteiger partial charge in [0.15, 0.2) is 0 Å². The number of rotatable bonds is 6. The molecule has 0 fully saturated rings. The summed E-state index contributed by atoms with van der Waals surface area (Å²) in [5.74, 6) is -1.31. The van der Waals surface area contributed by atoms with Crippen molar-refractivity contribution in [1.29, 1.82) is 10.0 Å². The van der Waals surface area contributed by atoms with Crippen LogP contribution in [0.5, 0.6) is 0 Å². The van der Waals surface area contributed by atoms with Crippen LogP contribution in [-0.2, 0) is 24.3 Å². The third kappa shape index (κ3) is 5.14. The number of carbonyl (C=O) groups excluding carboxylic acids is 1. The molecule has 3 aromatic rings. The molecule has 0 saturated heterocycles. The van der Waals surface area contributed by atoms with Gasteiger partial charge in [0, 0.05) is 30.5 Å². The number of aromatic nitrogens is 1. The van der Waals surface area contributed by atoms with E-state index in [1.807, 2.05) is 12.2 Å². The van der Waals surface area contributed by atoms with Crippen LogP contribution in [0, 0.1) is 27.7 Å². The maximum atomic E-state index is 13.6. The molecule has 1 aromatic heterocycles. The van der Waals surface area contributed by atoms with E-state index in [4.69, 9.17) is 10.0 Å². The minimum atomic E-state index is -1.03. The predicted molar refractivity (Wildman–Crippen MR) is 128 cm³/mol. The molecule has 34 heavy (non-hydrogen) atoms. The zero-order chi connectivity index (χ0) is 24.2. The highest BCUT2D eigenvalue weighted by molar-refractivity contribution is 7.84. The van der Waals surface area contributed by atoms with Crippen LogP contribution in [0.3, 0.4) is 0 Å². The second-order valence-corrected chi connectivity index (χ2v) is 9.32. The quantitative estimate of drug-likeness (QED) is 0.460. The van der Waals surface area contributed by atoms with E-state index in [0.717, 1.165) is 30.9 Å². The van der Waals surface area contributed by atoms with Crippen molar-refractivity contribution in [2.75, 3.05) is 5.32 Å².